The molecule has 2 aromatic heterocycles. The SMILES string of the molecule is CCNC(Cc1ccncc1)c1cc2ccc(F)cc2s1. The summed E-state index contributed by atoms with van der Waals surface area (Å²) >= 11 is 1.66. The first kappa shape index (κ1) is 14.2. The van der Waals surface area contributed by atoms with Crippen LogP contribution in [0.15, 0.2) is 48.8 Å². The van der Waals surface area contributed by atoms with E-state index in [1.165, 1.54) is 16.5 Å². The predicted octanol–water partition coefficient (Wildman–Crippen LogP) is 4.33. The summed E-state index contributed by atoms with van der Waals surface area (Å²) in [5.41, 5.74) is 1.25. The molecule has 0 aliphatic rings. The van der Waals surface area contributed by atoms with E-state index in [1.54, 1.807) is 17.4 Å². The van der Waals surface area contributed by atoms with E-state index in [2.05, 4.69) is 23.3 Å². The topological polar surface area (TPSA) is 24.9 Å². The molecule has 0 saturated carbocycles. The molecule has 3 aromatic rings. The second-order valence-corrected chi connectivity index (χ2v) is 6.12. The Labute approximate surface area is 127 Å². The first-order chi connectivity index (χ1) is 10.3. The van der Waals surface area contributed by atoms with E-state index in [-0.39, 0.29) is 11.9 Å². The second-order valence-electron chi connectivity index (χ2n) is 5.00. The summed E-state index contributed by atoms with van der Waals surface area (Å²) in [5.74, 6) is -0.176. The van der Waals surface area contributed by atoms with Crippen LogP contribution in [0, 0.1) is 5.82 Å². The number of fused-ring (bicyclic) bond motifs is 1. The van der Waals surface area contributed by atoms with Crippen LogP contribution >= 0.6 is 11.3 Å². The molecule has 0 aliphatic heterocycles. The van der Waals surface area contributed by atoms with Crippen LogP contribution in [0.25, 0.3) is 10.1 Å². The van der Waals surface area contributed by atoms with Gasteiger partial charge in [-0.05, 0) is 54.2 Å². The van der Waals surface area contributed by atoms with Crippen molar-refractivity contribution in [3.63, 3.8) is 0 Å². The molecule has 1 atom stereocenters. The number of thiophene rings is 1. The lowest BCUT2D eigenvalue weighted by atomic mass is 10.1. The Bertz CT molecular complexity index is 724. The van der Waals surface area contributed by atoms with Gasteiger partial charge in [-0.3, -0.25) is 4.98 Å². The van der Waals surface area contributed by atoms with E-state index in [0.29, 0.717) is 0 Å². The maximum absolute atomic E-state index is 13.3. The number of nitrogens with zero attached hydrogens (tertiary/aromatic N) is 1. The third-order valence-electron chi connectivity index (χ3n) is 3.48. The largest absolute Gasteiger partial charge is 0.309 e. The molecular formula is C17H17FN2S. The fourth-order valence-corrected chi connectivity index (χ4v) is 3.64. The van der Waals surface area contributed by atoms with Crippen molar-refractivity contribution in [3.05, 3.63) is 65.0 Å². The van der Waals surface area contributed by atoms with Crippen molar-refractivity contribution in [2.45, 2.75) is 19.4 Å². The summed E-state index contributed by atoms with van der Waals surface area (Å²) in [6.07, 6.45) is 4.54. The third kappa shape index (κ3) is 3.28. The van der Waals surface area contributed by atoms with Gasteiger partial charge in [0.15, 0.2) is 0 Å². The Kier molecular flexibility index (Phi) is 4.27. The molecule has 0 amide bonds. The van der Waals surface area contributed by atoms with Crippen molar-refractivity contribution in [3.8, 4) is 0 Å². The monoisotopic (exact) mass is 300 g/mol. The van der Waals surface area contributed by atoms with Crippen molar-refractivity contribution >= 4 is 21.4 Å². The highest BCUT2D eigenvalue weighted by Gasteiger charge is 2.14. The van der Waals surface area contributed by atoms with Crippen molar-refractivity contribution in [2.75, 3.05) is 6.54 Å². The van der Waals surface area contributed by atoms with Crippen LogP contribution in [-0.2, 0) is 6.42 Å². The molecule has 1 N–H and O–H groups in total. The number of hydrogen-bond donors (Lipinski definition) is 1. The minimum absolute atomic E-state index is 0.176. The van der Waals surface area contributed by atoms with E-state index < -0.39 is 0 Å². The van der Waals surface area contributed by atoms with Gasteiger partial charge in [-0.15, -0.1) is 11.3 Å². The van der Waals surface area contributed by atoms with E-state index in [0.717, 1.165) is 23.1 Å². The van der Waals surface area contributed by atoms with E-state index in [9.17, 15) is 4.39 Å². The zero-order valence-electron chi connectivity index (χ0n) is 11.8. The van der Waals surface area contributed by atoms with Crippen LogP contribution in [0.4, 0.5) is 4.39 Å². The Morgan fingerprint density at radius 3 is 2.76 bits per heavy atom. The van der Waals surface area contributed by atoms with Crippen LogP contribution in [0.5, 0.6) is 0 Å². The molecule has 0 spiro atoms. The lowest BCUT2D eigenvalue weighted by molar-refractivity contribution is 0.558. The Hall–Kier alpha value is -1.78. The van der Waals surface area contributed by atoms with Gasteiger partial charge in [0.05, 0.1) is 0 Å². The molecule has 108 valence electrons. The normalized spacial score (nSPS) is 12.7. The van der Waals surface area contributed by atoms with Gasteiger partial charge < -0.3 is 5.32 Å². The molecular weight excluding hydrogens is 283 g/mol. The number of likely N-dealkylation sites (N-methyl/N-ethyl adjacent to an activating group) is 1. The fraction of sp³-hybridized carbons (Fsp3) is 0.235. The highest BCUT2D eigenvalue weighted by molar-refractivity contribution is 7.19. The summed E-state index contributed by atoms with van der Waals surface area (Å²) in [7, 11) is 0. The molecule has 0 aliphatic carbocycles. The fourth-order valence-electron chi connectivity index (χ4n) is 2.47. The molecule has 4 heteroatoms. The molecule has 0 fully saturated rings. The molecule has 2 heterocycles. The van der Waals surface area contributed by atoms with Gasteiger partial charge in [0.1, 0.15) is 5.82 Å². The van der Waals surface area contributed by atoms with Gasteiger partial charge in [0.2, 0.25) is 0 Å². The second kappa shape index (κ2) is 6.33. The molecule has 0 saturated heterocycles. The summed E-state index contributed by atoms with van der Waals surface area (Å²) in [6.45, 7) is 3.00. The smallest absolute Gasteiger partial charge is 0.124 e. The number of benzene rings is 1. The predicted molar refractivity (Wildman–Crippen MR) is 86.1 cm³/mol. The Morgan fingerprint density at radius 1 is 1.19 bits per heavy atom. The number of rotatable bonds is 5. The zero-order chi connectivity index (χ0) is 14.7. The van der Waals surface area contributed by atoms with Crippen LogP contribution in [0.3, 0.4) is 0 Å². The number of halogens is 1. The molecule has 0 radical (unpaired) electrons. The van der Waals surface area contributed by atoms with Gasteiger partial charge in [-0.2, -0.15) is 0 Å². The average Bonchev–Trinajstić information content (AvgIpc) is 2.91. The maximum Gasteiger partial charge on any atom is 0.124 e. The maximum atomic E-state index is 13.3. The van der Waals surface area contributed by atoms with Gasteiger partial charge in [-0.25, -0.2) is 4.39 Å². The minimum atomic E-state index is -0.176. The molecule has 1 aromatic carbocycles. The first-order valence-corrected chi connectivity index (χ1v) is 7.89. The van der Waals surface area contributed by atoms with Crippen LogP contribution in [-0.4, -0.2) is 11.5 Å². The van der Waals surface area contributed by atoms with Crippen LogP contribution in [0.1, 0.15) is 23.4 Å². The van der Waals surface area contributed by atoms with Crippen LogP contribution in [0.2, 0.25) is 0 Å². The number of aromatic nitrogens is 1. The van der Waals surface area contributed by atoms with Crippen LogP contribution < -0.4 is 5.32 Å². The minimum Gasteiger partial charge on any atom is -0.309 e. The van der Waals surface area contributed by atoms with Crippen molar-refractivity contribution < 1.29 is 4.39 Å². The molecule has 1 unspecified atom stereocenters. The van der Waals surface area contributed by atoms with Gasteiger partial charge >= 0.3 is 0 Å². The first-order valence-electron chi connectivity index (χ1n) is 7.07. The van der Waals surface area contributed by atoms with Gasteiger partial charge in [-0.1, -0.05) is 13.0 Å². The Balaban J connectivity index is 1.91. The number of nitrogens with one attached hydrogen (secondary N) is 1. The van der Waals surface area contributed by atoms with E-state index in [4.69, 9.17) is 0 Å². The third-order valence-corrected chi connectivity index (χ3v) is 4.70. The highest BCUT2D eigenvalue weighted by atomic mass is 32.1. The Morgan fingerprint density at radius 2 is 2.00 bits per heavy atom. The molecule has 2 nitrogen and oxygen atoms in total. The molecule has 21 heavy (non-hydrogen) atoms. The van der Waals surface area contributed by atoms with E-state index in [1.807, 2.05) is 30.6 Å². The average molecular weight is 300 g/mol. The van der Waals surface area contributed by atoms with Gasteiger partial charge in [0.25, 0.3) is 0 Å². The quantitative estimate of drug-likeness (QED) is 0.758. The number of pyridine rings is 1. The summed E-state index contributed by atoms with van der Waals surface area (Å²) in [6, 6.07) is 11.5. The van der Waals surface area contributed by atoms with Crippen molar-refractivity contribution in [2.24, 2.45) is 0 Å². The van der Waals surface area contributed by atoms with Gasteiger partial charge in [0, 0.05) is 28.0 Å². The molecule has 0 bridgehead atoms. The molecule has 3 rings (SSSR count). The lowest BCUT2D eigenvalue weighted by Gasteiger charge is -2.16. The zero-order valence-corrected chi connectivity index (χ0v) is 12.7. The summed E-state index contributed by atoms with van der Waals surface area (Å²) < 4.78 is 14.3. The number of hydrogen-bond acceptors (Lipinski definition) is 3. The van der Waals surface area contributed by atoms with Crippen molar-refractivity contribution in [1.29, 1.82) is 0 Å². The lowest BCUT2D eigenvalue weighted by Crippen LogP contribution is -2.22. The standard InChI is InChI=1S/C17H17FN2S/c1-2-20-15(9-12-5-7-19-8-6-12)17-10-13-3-4-14(18)11-16(13)21-17/h3-8,10-11,15,20H,2,9H2,1H3. The van der Waals surface area contributed by atoms with E-state index >= 15 is 0 Å². The summed E-state index contributed by atoms with van der Waals surface area (Å²) in [5, 5.41) is 4.62. The van der Waals surface area contributed by atoms with Crippen molar-refractivity contribution in [1.82, 2.24) is 10.3 Å². The highest BCUT2D eigenvalue weighted by Crippen LogP contribution is 2.32. The summed E-state index contributed by atoms with van der Waals surface area (Å²) in [4.78, 5) is 5.30.